The van der Waals surface area contributed by atoms with Gasteiger partial charge in [-0.1, -0.05) is 0 Å². The molecule has 3 heteroatoms. The van der Waals surface area contributed by atoms with Crippen LogP contribution in [0.1, 0.15) is 12.8 Å². The zero-order valence-corrected chi connectivity index (χ0v) is 6.51. The van der Waals surface area contributed by atoms with Crippen LogP contribution in [0.4, 0.5) is 0 Å². The van der Waals surface area contributed by atoms with Gasteiger partial charge in [0.05, 0.1) is 6.54 Å². The van der Waals surface area contributed by atoms with Crippen LogP contribution in [0.15, 0.2) is 0 Å². The lowest BCUT2D eigenvalue weighted by Gasteiger charge is -2.11. The van der Waals surface area contributed by atoms with Gasteiger partial charge < -0.3 is 10.1 Å². The third-order valence-electron chi connectivity index (χ3n) is 2.58. The van der Waals surface area contributed by atoms with Crippen LogP contribution in [0.2, 0.25) is 0 Å². The average molecular weight is 155 g/mol. The number of hydrogen-bond donors (Lipinski definition) is 1. The van der Waals surface area contributed by atoms with Crippen LogP contribution in [0.25, 0.3) is 0 Å². The highest BCUT2D eigenvalue weighted by molar-refractivity contribution is 5.85. The highest BCUT2D eigenvalue weighted by Crippen LogP contribution is 2.21. The fourth-order valence-electron chi connectivity index (χ4n) is 1.92. The second-order valence-corrected chi connectivity index (χ2v) is 3.25. The van der Waals surface area contributed by atoms with Crippen molar-refractivity contribution in [3.05, 3.63) is 0 Å². The summed E-state index contributed by atoms with van der Waals surface area (Å²) in [5, 5.41) is 3.22. The van der Waals surface area contributed by atoms with Crippen molar-refractivity contribution in [3.8, 4) is 0 Å². The molecule has 0 spiro atoms. The molecule has 0 bridgehead atoms. The fraction of sp³-hybridized carbons (Fsp3) is 0.875. The molecule has 2 unspecified atom stereocenters. The third kappa shape index (κ3) is 1.30. The lowest BCUT2D eigenvalue weighted by molar-refractivity contribution is -0.120. The molecule has 2 saturated heterocycles. The van der Waals surface area contributed by atoms with Crippen molar-refractivity contribution in [1.82, 2.24) is 5.32 Å². The van der Waals surface area contributed by atoms with E-state index in [-0.39, 0.29) is 5.92 Å². The van der Waals surface area contributed by atoms with Crippen LogP contribution in [-0.2, 0) is 9.53 Å². The molecule has 0 aromatic heterocycles. The van der Waals surface area contributed by atoms with Gasteiger partial charge in [0.2, 0.25) is 0 Å². The maximum absolute atomic E-state index is 11.2. The largest absolute Gasteiger partial charge is 0.381 e. The van der Waals surface area contributed by atoms with Crippen molar-refractivity contribution in [3.63, 3.8) is 0 Å². The third-order valence-corrected chi connectivity index (χ3v) is 2.58. The number of carbonyl (C=O) groups is 1. The number of carbonyl (C=O) groups excluding carboxylic acids is 1. The molecular formula is C8H13NO2. The highest BCUT2D eigenvalue weighted by Gasteiger charge is 2.34. The molecular weight excluding hydrogens is 142 g/mol. The summed E-state index contributed by atoms with van der Waals surface area (Å²) >= 11 is 0. The molecule has 0 aromatic carbocycles. The minimum Gasteiger partial charge on any atom is -0.381 e. The van der Waals surface area contributed by atoms with Crippen molar-refractivity contribution < 1.29 is 9.53 Å². The molecule has 2 heterocycles. The summed E-state index contributed by atoms with van der Waals surface area (Å²) in [6.45, 7) is 2.14. The topological polar surface area (TPSA) is 38.3 Å². The number of hydrogen-bond acceptors (Lipinski definition) is 3. The van der Waals surface area contributed by atoms with Crippen LogP contribution in [0.5, 0.6) is 0 Å². The Morgan fingerprint density at radius 1 is 1.36 bits per heavy atom. The molecule has 2 aliphatic rings. The second-order valence-electron chi connectivity index (χ2n) is 3.25. The van der Waals surface area contributed by atoms with Crippen LogP contribution in [0, 0.1) is 5.92 Å². The molecule has 2 fully saturated rings. The van der Waals surface area contributed by atoms with E-state index in [0.717, 1.165) is 26.1 Å². The molecule has 11 heavy (non-hydrogen) atoms. The Balaban J connectivity index is 2.06. The minimum atomic E-state index is 0.248. The summed E-state index contributed by atoms with van der Waals surface area (Å²) in [6.07, 6.45) is 1.91. The van der Waals surface area contributed by atoms with E-state index >= 15 is 0 Å². The molecule has 0 radical (unpaired) electrons. The Kier molecular flexibility index (Phi) is 1.92. The van der Waals surface area contributed by atoms with Gasteiger partial charge in [0, 0.05) is 25.2 Å². The van der Waals surface area contributed by atoms with Gasteiger partial charge in [0.1, 0.15) is 0 Å². The summed E-state index contributed by atoms with van der Waals surface area (Å²) in [6, 6.07) is 0.407. The van der Waals surface area contributed by atoms with E-state index in [1.165, 1.54) is 0 Å². The molecule has 2 aliphatic heterocycles. The first-order chi connectivity index (χ1) is 5.38. The summed E-state index contributed by atoms with van der Waals surface area (Å²) in [5.74, 6) is 0.623. The number of rotatable bonds is 0. The van der Waals surface area contributed by atoms with Crippen molar-refractivity contribution in [1.29, 1.82) is 0 Å². The molecule has 1 N–H and O–H groups in total. The van der Waals surface area contributed by atoms with Crippen molar-refractivity contribution in [2.24, 2.45) is 5.92 Å². The number of ether oxygens (including phenoxy) is 1. The van der Waals surface area contributed by atoms with E-state index in [2.05, 4.69) is 5.32 Å². The van der Waals surface area contributed by atoms with Crippen LogP contribution < -0.4 is 5.32 Å². The Bertz CT molecular complexity index is 169. The van der Waals surface area contributed by atoms with Crippen molar-refractivity contribution in [2.45, 2.75) is 18.9 Å². The molecule has 2 atom stereocenters. The van der Waals surface area contributed by atoms with E-state index in [1.54, 1.807) is 0 Å². The Hall–Kier alpha value is -0.410. The van der Waals surface area contributed by atoms with Crippen LogP contribution >= 0.6 is 0 Å². The van der Waals surface area contributed by atoms with E-state index in [9.17, 15) is 4.79 Å². The zero-order valence-electron chi connectivity index (χ0n) is 6.51. The van der Waals surface area contributed by atoms with E-state index in [4.69, 9.17) is 4.74 Å². The van der Waals surface area contributed by atoms with E-state index in [0.29, 0.717) is 18.4 Å². The predicted molar refractivity (Wildman–Crippen MR) is 40.3 cm³/mol. The molecule has 0 aliphatic carbocycles. The van der Waals surface area contributed by atoms with E-state index in [1.807, 2.05) is 0 Å². The molecule has 0 saturated carbocycles. The standard InChI is InChI=1S/C8H13NO2/c10-8-5-9-7-2-4-11-3-1-6(7)8/h6-7,9H,1-5H2. The van der Waals surface area contributed by atoms with Gasteiger partial charge in [-0.05, 0) is 12.8 Å². The van der Waals surface area contributed by atoms with Gasteiger partial charge in [-0.15, -0.1) is 0 Å². The quantitative estimate of drug-likeness (QED) is 0.533. The molecule has 2 rings (SSSR count). The zero-order chi connectivity index (χ0) is 7.68. The first kappa shape index (κ1) is 7.25. The molecule has 0 amide bonds. The Labute approximate surface area is 66.1 Å². The van der Waals surface area contributed by atoms with E-state index < -0.39 is 0 Å². The monoisotopic (exact) mass is 155 g/mol. The first-order valence-electron chi connectivity index (χ1n) is 4.22. The predicted octanol–water partition coefficient (Wildman–Crippen LogP) is -0.0461. The summed E-state index contributed by atoms with van der Waals surface area (Å²) in [7, 11) is 0. The fourth-order valence-corrected chi connectivity index (χ4v) is 1.92. The minimum absolute atomic E-state index is 0.248. The number of fused-ring (bicyclic) bond motifs is 1. The van der Waals surface area contributed by atoms with Crippen molar-refractivity contribution >= 4 is 5.78 Å². The molecule has 62 valence electrons. The summed E-state index contributed by atoms with van der Waals surface area (Å²) in [5.41, 5.74) is 0. The lowest BCUT2D eigenvalue weighted by atomic mass is 9.95. The highest BCUT2D eigenvalue weighted by atomic mass is 16.5. The van der Waals surface area contributed by atoms with Crippen LogP contribution in [-0.4, -0.2) is 31.6 Å². The SMILES string of the molecule is O=C1CNC2CCOCCC12. The summed E-state index contributed by atoms with van der Waals surface area (Å²) in [4.78, 5) is 11.2. The van der Waals surface area contributed by atoms with Gasteiger partial charge >= 0.3 is 0 Å². The molecule has 0 aromatic rings. The molecule has 3 nitrogen and oxygen atoms in total. The Morgan fingerprint density at radius 2 is 2.18 bits per heavy atom. The smallest absolute Gasteiger partial charge is 0.151 e. The van der Waals surface area contributed by atoms with Crippen molar-refractivity contribution in [2.75, 3.05) is 19.8 Å². The summed E-state index contributed by atoms with van der Waals surface area (Å²) < 4.78 is 5.29. The number of ketones is 1. The van der Waals surface area contributed by atoms with Gasteiger partial charge in [-0.2, -0.15) is 0 Å². The lowest BCUT2D eigenvalue weighted by Crippen LogP contribution is -2.27. The number of Topliss-reactive ketones (excluding diaryl/α,β-unsaturated/α-hetero) is 1. The maximum atomic E-state index is 11.2. The van der Waals surface area contributed by atoms with Crippen LogP contribution in [0.3, 0.4) is 0 Å². The van der Waals surface area contributed by atoms with Gasteiger partial charge in [-0.3, -0.25) is 4.79 Å². The first-order valence-corrected chi connectivity index (χ1v) is 4.22. The average Bonchev–Trinajstić information content (AvgIpc) is 2.25. The van der Waals surface area contributed by atoms with Gasteiger partial charge in [-0.25, -0.2) is 0 Å². The van der Waals surface area contributed by atoms with Gasteiger partial charge in [0.15, 0.2) is 5.78 Å². The normalized spacial score (nSPS) is 38.4. The van der Waals surface area contributed by atoms with Gasteiger partial charge in [0.25, 0.3) is 0 Å². The maximum Gasteiger partial charge on any atom is 0.151 e. The second kappa shape index (κ2) is 2.91. The Morgan fingerprint density at radius 3 is 3.09 bits per heavy atom. The number of nitrogens with one attached hydrogen (secondary N) is 1.